The van der Waals surface area contributed by atoms with Gasteiger partial charge in [0.1, 0.15) is 6.10 Å². The first-order chi connectivity index (χ1) is 7.10. The highest BCUT2D eigenvalue weighted by Gasteiger charge is 2.22. The Kier molecular flexibility index (Phi) is 6.67. The molecule has 2 N–H and O–H groups in total. The fraction of sp³-hybridized carbons (Fsp3) is 0.800. The van der Waals surface area contributed by atoms with E-state index in [1.54, 1.807) is 11.8 Å². The van der Waals surface area contributed by atoms with E-state index < -0.39 is 6.10 Å². The van der Waals surface area contributed by atoms with Crippen LogP contribution in [0.15, 0.2) is 0 Å². The van der Waals surface area contributed by atoms with Crippen LogP contribution in [0.1, 0.15) is 13.8 Å². The molecule has 2 atom stereocenters. The maximum absolute atomic E-state index is 11.8. The monoisotopic (exact) mass is 213 g/mol. The van der Waals surface area contributed by atoms with Gasteiger partial charge in [0.15, 0.2) is 0 Å². The van der Waals surface area contributed by atoms with Crippen molar-refractivity contribution < 1.29 is 9.53 Å². The maximum atomic E-state index is 11.8. The second kappa shape index (κ2) is 7.21. The van der Waals surface area contributed by atoms with Gasteiger partial charge < -0.3 is 15.4 Å². The summed E-state index contributed by atoms with van der Waals surface area (Å²) in [5.41, 5.74) is 5.40. The van der Waals surface area contributed by atoms with Crippen molar-refractivity contribution in [2.45, 2.75) is 20.0 Å². The predicted molar refractivity (Wildman–Crippen MR) is 56.9 cm³/mol. The van der Waals surface area contributed by atoms with Gasteiger partial charge in [-0.2, -0.15) is 5.26 Å². The minimum Gasteiger partial charge on any atom is -0.370 e. The number of hydrogen-bond donors (Lipinski definition) is 1. The van der Waals surface area contributed by atoms with E-state index in [1.165, 1.54) is 7.11 Å². The number of nitrogens with zero attached hydrogens (tertiary/aromatic N) is 2. The van der Waals surface area contributed by atoms with Crippen LogP contribution < -0.4 is 5.73 Å². The lowest BCUT2D eigenvalue weighted by Crippen LogP contribution is -2.45. The molecule has 0 saturated carbocycles. The molecule has 0 aromatic heterocycles. The third-order valence-electron chi connectivity index (χ3n) is 2.18. The zero-order valence-corrected chi connectivity index (χ0v) is 9.56. The Balaban J connectivity index is 4.40. The highest BCUT2D eigenvalue weighted by Crippen LogP contribution is 2.02. The predicted octanol–water partition coefficient (Wildman–Crippen LogP) is -0.0317. The molecule has 0 bridgehead atoms. The molecule has 86 valence electrons. The summed E-state index contributed by atoms with van der Waals surface area (Å²) in [6.07, 6.45) is -0.601. The molecule has 0 aliphatic carbocycles. The molecule has 0 radical (unpaired) electrons. The molecule has 0 aromatic rings. The lowest BCUT2D eigenvalue weighted by atomic mass is 10.2. The molecule has 0 spiro atoms. The van der Waals surface area contributed by atoms with Gasteiger partial charge in [0.2, 0.25) is 0 Å². The minimum atomic E-state index is -0.601. The van der Waals surface area contributed by atoms with Crippen LogP contribution in [0.4, 0.5) is 0 Å². The van der Waals surface area contributed by atoms with E-state index in [-0.39, 0.29) is 18.4 Å². The summed E-state index contributed by atoms with van der Waals surface area (Å²) in [5.74, 6) is -0.325. The van der Waals surface area contributed by atoms with Crippen LogP contribution in [0.5, 0.6) is 0 Å². The summed E-state index contributed by atoms with van der Waals surface area (Å²) in [7, 11) is 1.46. The Labute approximate surface area is 90.8 Å². The zero-order chi connectivity index (χ0) is 11.8. The number of nitrogens with two attached hydrogens (primary N) is 1. The van der Waals surface area contributed by atoms with E-state index in [0.29, 0.717) is 13.1 Å². The van der Waals surface area contributed by atoms with E-state index >= 15 is 0 Å². The van der Waals surface area contributed by atoms with Gasteiger partial charge in [-0.1, -0.05) is 0 Å². The summed E-state index contributed by atoms with van der Waals surface area (Å²) >= 11 is 0. The van der Waals surface area contributed by atoms with Crippen molar-refractivity contribution in [3.8, 4) is 6.07 Å². The summed E-state index contributed by atoms with van der Waals surface area (Å²) in [4.78, 5) is 13.4. The Hall–Kier alpha value is -1.12. The number of rotatable bonds is 6. The van der Waals surface area contributed by atoms with Crippen molar-refractivity contribution in [2.24, 2.45) is 11.7 Å². The van der Waals surface area contributed by atoms with Crippen molar-refractivity contribution in [2.75, 3.05) is 26.7 Å². The number of carbonyl (C=O) groups excluding carboxylic acids is 1. The van der Waals surface area contributed by atoms with Crippen LogP contribution in [0, 0.1) is 17.2 Å². The Morgan fingerprint density at radius 2 is 2.27 bits per heavy atom. The third kappa shape index (κ3) is 4.28. The molecule has 0 aromatic carbocycles. The average Bonchev–Trinajstić information content (AvgIpc) is 2.26. The van der Waals surface area contributed by atoms with Crippen LogP contribution in [0.3, 0.4) is 0 Å². The van der Waals surface area contributed by atoms with Crippen molar-refractivity contribution in [1.82, 2.24) is 4.90 Å². The van der Waals surface area contributed by atoms with Crippen LogP contribution in [0.2, 0.25) is 0 Å². The number of ether oxygens (including phenoxy) is 1. The lowest BCUT2D eigenvalue weighted by molar-refractivity contribution is -0.141. The smallest absolute Gasteiger partial charge is 0.253 e. The topological polar surface area (TPSA) is 79.4 Å². The highest BCUT2D eigenvalue weighted by atomic mass is 16.5. The number of carbonyl (C=O) groups is 1. The van der Waals surface area contributed by atoms with Gasteiger partial charge >= 0.3 is 0 Å². The van der Waals surface area contributed by atoms with E-state index in [9.17, 15) is 4.79 Å². The zero-order valence-electron chi connectivity index (χ0n) is 9.56. The normalized spacial score (nSPS) is 14.1. The molecular formula is C10H19N3O2. The molecule has 0 aliphatic rings. The molecule has 5 heteroatoms. The largest absolute Gasteiger partial charge is 0.370 e. The summed E-state index contributed by atoms with van der Waals surface area (Å²) in [6, 6.07) is 2.09. The van der Waals surface area contributed by atoms with Crippen molar-refractivity contribution in [1.29, 1.82) is 5.26 Å². The minimum absolute atomic E-state index is 0.149. The van der Waals surface area contributed by atoms with Crippen LogP contribution in [-0.4, -0.2) is 43.7 Å². The summed E-state index contributed by atoms with van der Waals surface area (Å²) in [6.45, 7) is 4.79. The van der Waals surface area contributed by atoms with E-state index in [0.717, 1.165) is 0 Å². The van der Waals surface area contributed by atoms with Crippen molar-refractivity contribution >= 4 is 5.91 Å². The first-order valence-corrected chi connectivity index (χ1v) is 5.01. The summed E-state index contributed by atoms with van der Waals surface area (Å²) < 4.78 is 4.96. The van der Waals surface area contributed by atoms with Crippen LogP contribution >= 0.6 is 0 Å². The first-order valence-electron chi connectivity index (χ1n) is 5.01. The van der Waals surface area contributed by atoms with Crippen molar-refractivity contribution in [3.05, 3.63) is 0 Å². The Morgan fingerprint density at radius 1 is 1.67 bits per heavy atom. The quantitative estimate of drug-likeness (QED) is 0.672. The van der Waals surface area contributed by atoms with E-state index in [2.05, 4.69) is 6.07 Å². The standard InChI is InChI=1S/C10H19N3O2/c1-4-13(7-8(2)5-11)10(14)9(6-12)15-3/h8-9H,4,6-7,12H2,1-3H3. The Bertz CT molecular complexity index is 233. The molecule has 0 aliphatic heterocycles. The van der Waals surface area contributed by atoms with E-state index in [1.807, 2.05) is 6.92 Å². The third-order valence-corrected chi connectivity index (χ3v) is 2.18. The van der Waals surface area contributed by atoms with Gasteiger partial charge in [0.25, 0.3) is 5.91 Å². The summed E-state index contributed by atoms with van der Waals surface area (Å²) in [5, 5.41) is 8.67. The maximum Gasteiger partial charge on any atom is 0.253 e. The molecule has 2 unspecified atom stereocenters. The van der Waals surface area contributed by atoms with Gasteiger partial charge in [-0.15, -0.1) is 0 Å². The molecule has 0 heterocycles. The molecule has 0 fully saturated rings. The van der Waals surface area contributed by atoms with Crippen LogP contribution in [0.25, 0.3) is 0 Å². The average molecular weight is 213 g/mol. The molecule has 0 saturated heterocycles. The number of methoxy groups -OCH3 is 1. The fourth-order valence-corrected chi connectivity index (χ4v) is 1.25. The first kappa shape index (κ1) is 13.9. The van der Waals surface area contributed by atoms with Crippen LogP contribution in [-0.2, 0) is 9.53 Å². The van der Waals surface area contributed by atoms with Gasteiger partial charge in [0, 0.05) is 26.7 Å². The van der Waals surface area contributed by atoms with Gasteiger partial charge in [-0.3, -0.25) is 4.79 Å². The Morgan fingerprint density at radius 3 is 2.60 bits per heavy atom. The SMILES string of the molecule is CCN(CC(C)C#N)C(=O)C(CN)OC. The number of amides is 1. The second-order valence-electron chi connectivity index (χ2n) is 3.37. The molecule has 5 nitrogen and oxygen atoms in total. The lowest BCUT2D eigenvalue weighted by Gasteiger charge is -2.25. The van der Waals surface area contributed by atoms with Crippen molar-refractivity contribution in [3.63, 3.8) is 0 Å². The van der Waals surface area contributed by atoms with Gasteiger partial charge in [-0.05, 0) is 13.8 Å². The number of likely N-dealkylation sites (N-methyl/N-ethyl adjacent to an activating group) is 1. The second-order valence-corrected chi connectivity index (χ2v) is 3.37. The molecule has 0 rings (SSSR count). The van der Waals surface area contributed by atoms with Gasteiger partial charge in [-0.25, -0.2) is 0 Å². The van der Waals surface area contributed by atoms with Gasteiger partial charge in [0.05, 0.1) is 12.0 Å². The molecule has 15 heavy (non-hydrogen) atoms. The molecule has 1 amide bonds. The van der Waals surface area contributed by atoms with E-state index in [4.69, 9.17) is 15.7 Å². The fourth-order valence-electron chi connectivity index (χ4n) is 1.25. The molecular weight excluding hydrogens is 194 g/mol. The number of hydrogen-bond acceptors (Lipinski definition) is 4. The highest BCUT2D eigenvalue weighted by molar-refractivity contribution is 5.81. The number of nitriles is 1.